The largest absolute Gasteiger partial charge is 0.492 e. The molecule has 1 atom stereocenters. The van der Waals surface area contributed by atoms with Crippen LogP contribution in [-0.4, -0.2) is 11.8 Å². The normalized spacial score (nSPS) is 12.2. The van der Waals surface area contributed by atoms with Gasteiger partial charge in [-0.05, 0) is 39.8 Å². The van der Waals surface area contributed by atoms with Gasteiger partial charge in [0.1, 0.15) is 11.5 Å². The maximum absolute atomic E-state index is 5.87. The van der Waals surface area contributed by atoms with E-state index in [2.05, 4.69) is 17.4 Å². The molecule has 0 radical (unpaired) electrons. The fourth-order valence-corrected chi connectivity index (χ4v) is 2.34. The molecule has 5 heteroatoms. The van der Waals surface area contributed by atoms with E-state index in [1.807, 2.05) is 39.0 Å². The predicted octanol–water partition coefficient (Wildman–Crippen LogP) is 3.45. The molecule has 5 nitrogen and oxygen atoms in total. The Bertz CT molecular complexity index is 573. The zero-order valence-corrected chi connectivity index (χ0v) is 12.4. The van der Waals surface area contributed by atoms with Gasteiger partial charge in [0, 0.05) is 17.3 Å². The number of nitrogen functional groups attached to an aromatic ring is 1. The van der Waals surface area contributed by atoms with Gasteiger partial charge < -0.3 is 20.3 Å². The van der Waals surface area contributed by atoms with Crippen molar-refractivity contribution in [3.8, 4) is 5.75 Å². The molecule has 0 saturated carbocycles. The van der Waals surface area contributed by atoms with Crippen LogP contribution in [0.5, 0.6) is 5.75 Å². The lowest BCUT2D eigenvalue weighted by molar-refractivity contribution is 0.342. The molecule has 0 saturated heterocycles. The number of hydrogen-bond acceptors (Lipinski definition) is 5. The second-order valence-electron chi connectivity index (χ2n) is 4.79. The Balaban J connectivity index is 2.19. The van der Waals surface area contributed by atoms with Crippen LogP contribution in [0.1, 0.15) is 36.9 Å². The number of anilines is 2. The number of ether oxygens (including phenoxy) is 1. The van der Waals surface area contributed by atoms with E-state index in [-0.39, 0.29) is 6.04 Å². The molecular formula is C15H21N3O2. The number of benzene rings is 1. The summed E-state index contributed by atoms with van der Waals surface area (Å²) >= 11 is 0. The first-order chi connectivity index (χ1) is 9.52. The molecular weight excluding hydrogens is 254 g/mol. The summed E-state index contributed by atoms with van der Waals surface area (Å²) in [4.78, 5) is 0. The highest BCUT2D eigenvalue weighted by Gasteiger charge is 2.16. The zero-order chi connectivity index (χ0) is 14.7. The van der Waals surface area contributed by atoms with E-state index < -0.39 is 0 Å². The summed E-state index contributed by atoms with van der Waals surface area (Å²) in [6.07, 6.45) is 0. The summed E-state index contributed by atoms with van der Waals surface area (Å²) in [5.74, 6) is 1.53. The van der Waals surface area contributed by atoms with Crippen molar-refractivity contribution < 1.29 is 9.26 Å². The zero-order valence-electron chi connectivity index (χ0n) is 12.4. The maximum atomic E-state index is 5.87. The van der Waals surface area contributed by atoms with Gasteiger partial charge in [0.15, 0.2) is 0 Å². The van der Waals surface area contributed by atoms with Crippen molar-refractivity contribution in [1.29, 1.82) is 0 Å². The van der Waals surface area contributed by atoms with Crippen molar-refractivity contribution in [3.05, 3.63) is 35.2 Å². The highest BCUT2D eigenvalue weighted by molar-refractivity contribution is 5.62. The summed E-state index contributed by atoms with van der Waals surface area (Å²) in [7, 11) is 0. The van der Waals surface area contributed by atoms with Crippen molar-refractivity contribution in [2.75, 3.05) is 17.7 Å². The van der Waals surface area contributed by atoms with E-state index in [1.54, 1.807) is 0 Å². The SMILES string of the molecule is CCOc1cc(NC(C)c2c(C)noc2C)ccc1N. The average molecular weight is 275 g/mol. The Morgan fingerprint density at radius 2 is 2.15 bits per heavy atom. The first-order valence-electron chi connectivity index (χ1n) is 6.74. The Kier molecular flexibility index (Phi) is 4.17. The van der Waals surface area contributed by atoms with E-state index >= 15 is 0 Å². The van der Waals surface area contributed by atoms with Crippen molar-refractivity contribution in [3.63, 3.8) is 0 Å². The number of rotatable bonds is 5. The minimum atomic E-state index is 0.0966. The summed E-state index contributed by atoms with van der Waals surface area (Å²) < 4.78 is 10.7. The molecule has 1 heterocycles. The van der Waals surface area contributed by atoms with Gasteiger partial charge in [0.05, 0.1) is 24.0 Å². The summed E-state index contributed by atoms with van der Waals surface area (Å²) in [6.45, 7) is 8.46. The number of aryl methyl sites for hydroxylation is 2. The molecule has 2 aromatic rings. The topological polar surface area (TPSA) is 73.3 Å². The molecule has 0 amide bonds. The minimum Gasteiger partial charge on any atom is -0.492 e. The molecule has 1 aromatic heterocycles. The van der Waals surface area contributed by atoms with Gasteiger partial charge in [-0.3, -0.25) is 0 Å². The molecule has 2 rings (SSSR count). The van der Waals surface area contributed by atoms with Crippen LogP contribution in [0.25, 0.3) is 0 Å². The van der Waals surface area contributed by atoms with Crippen LogP contribution in [0.15, 0.2) is 22.7 Å². The smallest absolute Gasteiger partial charge is 0.144 e. The quantitative estimate of drug-likeness (QED) is 0.818. The van der Waals surface area contributed by atoms with Gasteiger partial charge in [0.25, 0.3) is 0 Å². The van der Waals surface area contributed by atoms with Gasteiger partial charge in [-0.2, -0.15) is 0 Å². The number of aromatic nitrogens is 1. The maximum Gasteiger partial charge on any atom is 0.144 e. The first-order valence-corrected chi connectivity index (χ1v) is 6.74. The number of nitrogens with one attached hydrogen (secondary N) is 1. The molecule has 0 aliphatic carbocycles. The molecule has 0 aliphatic rings. The highest BCUT2D eigenvalue weighted by Crippen LogP contribution is 2.29. The molecule has 0 aliphatic heterocycles. The second-order valence-corrected chi connectivity index (χ2v) is 4.79. The fraction of sp³-hybridized carbons (Fsp3) is 0.400. The summed E-state index contributed by atoms with van der Waals surface area (Å²) in [5.41, 5.74) is 9.45. The highest BCUT2D eigenvalue weighted by atomic mass is 16.5. The molecule has 3 N–H and O–H groups in total. The monoisotopic (exact) mass is 275 g/mol. The Morgan fingerprint density at radius 3 is 2.75 bits per heavy atom. The summed E-state index contributed by atoms with van der Waals surface area (Å²) in [6, 6.07) is 5.78. The standard InChI is InChI=1S/C15H21N3O2/c1-5-19-14-8-12(6-7-13(14)16)17-9(2)15-10(3)18-20-11(15)4/h6-9,17H,5,16H2,1-4H3. The molecule has 0 fully saturated rings. The Morgan fingerprint density at radius 1 is 1.40 bits per heavy atom. The molecule has 20 heavy (non-hydrogen) atoms. The van der Waals surface area contributed by atoms with Gasteiger partial charge >= 0.3 is 0 Å². The van der Waals surface area contributed by atoms with Crippen LogP contribution < -0.4 is 15.8 Å². The summed E-state index contributed by atoms with van der Waals surface area (Å²) in [5, 5.41) is 7.40. The molecule has 0 bridgehead atoms. The van der Waals surface area contributed by atoms with E-state index in [0.717, 1.165) is 22.7 Å². The fourth-order valence-electron chi connectivity index (χ4n) is 2.34. The van der Waals surface area contributed by atoms with E-state index in [9.17, 15) is 0 Å². The third-order valence-electron chi connectivity index (χ3n) is 3.22. The van der Waals surface area contributed by atoms with Crippen LogP contribution in [0, 0.1) is 13.8 Å². The van der Waals surface area contributed by atoms with Gasteiger partial charge in [-0.1, -0.05) is 5.16 Å². The number of nitrogens with two attached hydrogens (primary N) is 1. The van der Waals surface area contributed by atoms with E-state index in [0.29, 0.717) is 18.0 Å². The molecule has 108 valence electrons. The average Bonchev–Trinajstić information content (AvgIpc) is 2.73. The lowest BCUT2D eigenvalue weighted by atomic mass is 10.1. The number of nitrogens with zero attached hydrogens (tertiary/aromatic N) is 1. The minimum absolute atomic E-state index is 0.0966. The first kappa shape index (κ1) is 14.2. The van der Waals surface area contributed by atoms with Crippen LogP contribution >= 0.6 is 0 Å². The predicted molar refractivity (Wildman–Crippen MR) is 80.0 cm³/mol. The van der Waals surface area contributed by atoms with Crippen LogP contribution in [0.3, 0.4) is 0 Å². The lowest BCUT2D eigenvalue weighted by Crippen LogP contribution is -2.09. The third kappa shape index (κ3) is 2.87. The van der Waals surface area contributed by atoms with E-state index in [4.69, 9.17) is 15.0 Å². The van der Waals surface area contributed by atoms with E-state index in [1.165, 1.54) is 0 Å². The van der Waals surface area contributed by atoms with Crippen molar-refractivity contribution in [2.24, 2.45) is 0 Å². The Hall–Kier alpha value is -2.17. The van der Waals surface area contributed by atoms with Crippen molar-refractivity contribution >= 4 is 11.4 Å². The second kappa shape index (κ2) is 5.86. The third-order valence-corrected chi connectivity index (χ3v) is 3.22. The lowest BCUT2D eigenvalue weighted by Gasteiger charge is -2.16. The number of hydrogen-bond donors (Lipinski definition) is 2. The Labute approximate surface area is 119 Å². The van der Waals surface area contributed by atoms with Gasteiger partial charge in [0.2, 0.25) is 0 Å². The van der Waals surface area contributed by atoms with Crippen LogP contribution in [0.2, 0.25) is 0 Å². The molecule has 1 aromatic carbocycles. The van der Waals surface area contributed by atoms with Crippen LogP contribution in [0.4, 0.5) is 11.4 Å². The van der Waals surface area contributed by atoms with Crippen molar-refractivity contribution in [1.82, 2.24) is 5.16 Å². The van der Waals surface area contributed by atoms with Gasteiger partial charge in [-0.25, -0.2) is 0 Å². The molecule has 0 spiro atoms. The van der Waals surface area contributed by atoms with Crippen LogP contribution in [-0.2, 0) is 0 Å². The van der Waals surface area contributed by atoms with Crippen molar-refractivity contribution in [2.45, 2.75) is 33.7 Å². The van der Waals surface area contributed by atoms with Gasteiger partial charge in [-0.15, -0.1) is 0 Å². The molecule has 1 unspecified atom stereocenters.